The lowest BCUT2D eigenvalue weighted by atomic mass is 10.1. The third kappa shape index (κ3) is 3.16. The number of aromatic nitrogens is 3. The van der Waals surface area contributed by atoms with Crippen molar-refractivity contribution in [3.63, 3.8) is 0 Å². The molecule has 0 bridgehead atoms. The highest BCUT2D eigenvalue weighted by Gasteiger charge is 2.31. The normalized spacial score (nSPS) is 12.8. The Kier molecular flexibility index (Phi) is 4.42. The fraction of sp³-hybridized carbons (Fsp3) is 0.200. The van der Waals surface area contributed by atoms with Gasteiger partial charge in [-0.3, -0.25) is 28.9 Å². The number of nitrogen functional groups attached to an aromatic ring is 1. The van der Waals surface area contributed by atoms with Crippen molar-refractivity contribution in [2.45, 2.75) is 27.0 Å². The molecule has 0 fully saturated rings. The maximum atomic E-state index is 12.5. The molecule has 9 heteroatoms. The molecule has 2 aromatic heterocycles. The number of fused-ring (bicyclic) bond motifs is 1. The van der Waals surface area contributed by atoms with Crippen LogP contribution in [-0.2, 0) is 13.2 Å². The fourth-order valence-corrected chi connectivity index (χ4v) is 3.26. The zero-order chi connectivity index (χ0) is 20.7. The number of benzene rings is 1. The molecule has 0 spiro atoms. The van der Waals surface area contributed by atoms with Crippen molar-refractivity contribution in [3.8, 4) is 11.4 Å². The number of nitrogens with one attached hydrogen (secondary N) is 1. The Morgan fingerprint density at radius 1 is 1.14 bits per heavy atom. The van der Waals surface area contributed by atoms with Crippen LogP contribution in [0.5, 0.6) is 5.75 Å². The number of amides is 2. The van der Waals surface area contributed by atoms with E-state index in [9.17, 15) is 14.4 Å². The number of pyridine rings is 1. The Bertz CT molecular complexity index is 1190. The van der Waals surface area contributed by atoms with Crippen molar-refractivity contribution < 1.29 is 14.3 Å². The fourth-order valence-electron chi connectivity index (χ4n) is 3.26. The minimum Gasteiger partial charge on any atom is -0.489 e. The minimum atomic E-state index is -0.619. The van der Waals surface area contributed by atoms with E-state index >= 15 is 0 Å². The van der Waals surface area contributed by atoms with Gasteiger partial charge in [-0.1, -0.05) is 0 Å². The number of carbonyl (C=O) groups excluding carboxylic acids is 2. The van der Waals surface area contributed by atoms with Crippen LogP contribution in [0.15, 0.2) is 41.3 Å². The number of hydrogen-bond donors (Lipinski definition) is 2. The summed E-state index contributed by atoms with van der Waals surface area (Å²) in [6, 6.07) is 7.86. The molecule has 0 radical (unpaired) electrons. The van der Waals surface area contributed by atoms with Gasteiger partial charge in [-0.2, -0.15) is 5.10 Å². The first-order chi connectivity index (χ1) is 13.9. The monoisotopic (exact) mass is 393 g/mol. The van der Waals surface area contributed by atoms with E-state index in [0.29, 0.717) is 18.0 Å². The molecule has 4 rings (SSSR count). The molecule has 0 saturated carbocycles. The quantitative estimate of drug-likeness (QED) is 0.632. The van der Waals surface area contributed by atoms with Crippen LogP contribution in [-0.4, -0.2) is 26.2 Å². The van der Waals surface area contributed by atoms with Crippen molar-refractivity contribution >= 4 is 17.6 Å². The highest BCUT2D eigenvalue weighted by molar-refractivity contribution is 6.23. The molecule has 29 heavy (non-hydrogen) atoms. The maximum Gasteiger partial charge on any atom is 0.262 e. The second-order valence-electron chi connectivity index (χ2n) is 6.65. The van der Waals surface area contributed by atoms with Crippen molar-refractivity contribution in [3.05, 3.63) is 69.3 Å². The van der Waals surface area contributed by atoms with Gasteiger partial charge in [0.05, 0.1) is 22.5 Å². The number of hydrogen-bond acceptors (Lipinski definition) is 6. The summed E-state index contributed by atoms with van der Waals surface area (Å²) in [6.07, 6.45) is 1.95. The molecular weight excluding hydrogens is 374 g/mol. The SMILES string of the molecule is CCn1cc(COc2ccc(-n3c(N)c4c(cc3=O)C(=O)NC4=O)cc2)c(C)n1. The number of rotatable bonds is 5. The molecule has 0 aliphatic carbocycles. The first kappa shape index (κ1) is 18.5. The van der Waals surface area contributed by atoms with Gasteiger partial charge in [0, 0.05) is 24.4 Å². The molecule has 148 valence electrons. The lowest BCUT2D eigenvalue weighted by molar-refractivity contribution is 0.0880. The first-order valence-corrected chi connectivity index (χ1v) is 9.06. The second kappa shape index (κ2) is 6.93. The van der Waals surface area contributed by atoms with Crippen LogP contribution < -0.4 is 21.3 Å². The van der Waals surface area contributed by atoms with Gasteiger partial charge < -0.3 is 10.5 Å². The molecule has 0 saturated heterocycles. The van der Waals surface area contributed by atoms with Crippen LogP contribution in [0.1, 0.15) is 38.9 Å². The number of anilines is 1. The summed E-state index contributed by atoms with van der Waals surface area (Å²) in [4.78, 5) is 36.2. The van der Waals surface area contributed by atoms with Crippen molar-refractivity contribution in [1.82, 2.24) is 19.7 Å². The first-order valence-electron chi connectivity index (χ1n) is 9.06. The van der Waals surface area contributed by atoms with E-state index in [4.69, 9.17) is 10.5 Å². The predicted molar refractivity (Wildman–Crippen MR) is 105 cm³/mol. The van der Waals surface area contributed by atoms with Gasteiger partial charge >= 0.3 is 0 Å². The van der Waals surface area contributed by atoms with Crippen molar-refractivity contribution in [2.24, 2.45) is 0 Å². The topological polar surface area (TPSA) is 121 Å². The van der Waals surface area contributed by atoms with Crippen LogP contribution in [0.4, 0.5) is 5.82 Å². The van der Waals surface area contributed by atoms with Gasteiger partial charge in [0.25, 0.3) is 17.4 Å². The van der Waals surface area contributed by atoms with Gasteiger partial charge in [0.2, 0.25) is 0 Å². The van der Waals surface area contributed by atoms with Gasteiger partial charge in [0.15, 0.2) is 0 Å². The van der Waals surface area contributed by atoms with E-state index in [1.165, 1.54) is 4.57 Å². The van der Waals surface area contributed by atoms with E-state index in [1.54, 1.807) is 24.3 Å². The van der Waals surface area contributed by atoms with Gasteiger partial charge in [0.1, 0.15) is 18.2 Å². The summed E-state index contributed by atoms with van der Waals surface area (Å²) in [6.45, 7) is 5.10. The largest absolute Gasteiger partial charge is 0.489 e. The van der Waals surface area contributed by atoms with Gasteiger partial charge in [-0.15, -0.1) is 0 Å². The molecule has 3 N–H and O–H groups in total. The standard InChI is InChI=1S/C20H19N5O4/c1-3-24-9-12(11(2)23-24)10-29-14-6-4-13(5-7-14)25-16(26)8-15-17(18(25)21)20(28)22-19(15)27/h4-9H,3,10,21H2,1-2H3,(H,22,27,28). The smallest absolute Gasteiger partial charge is 0.262 e. The second-order valence-corrected chi connectivity index (χ2v) is 6.65. The Morgan fingerprint density at radius 3 is 2.52 bits per heavy atom. The van der Waals surface area contributed by atoms with Gasteiger partial charge in [-0.05, 0) is 38.1 Å². The average molecular weight is 393 g/mol. The highest BCUT2D eigenvalue weighted by Crippen LogP contribution is 2.24. The summed E-state index contributed by atoms with van der Waals surface area (Å²) in [5, 5.41) is 6.53. The lowest BCUT2D eigenvalue weighted by Gasteiger charge is -2.12. The molecule has 0 unspecified atom stereocenters. The molecule has 1 aromatic carbocycles. The average Bonchev–Trinajstić information content (AvgIpc) is 3.19. The van der Waals surface area contributed by atoms with Crippen molar-refractivity contribution in [1.29, 1.82) is 0 Å². The number of nitrogens with zero attached hydrogens (tertiary/aromatic N) is 3. The zero-order valence-electron chi connectivity index (χ0n) is 15.9. The van der Waals surface area contributed by atoms with Crippen LogP contribution in [0, 0.1) is 6.92 Å². The van der Waals surface area contributed by atoms with Crippen LogP contribution in [0.3, 0.4) is 0 Å². The Labute approximate surface area is 165 Å². The van der Waals surface area contributed by atoms with E-state index in [0.717, 1.165) is 23.9 Å². The summed E-state index contributed by atoms with van der Waals surface area (Å²) in [5.74, 6) is -0.698. The van der Waals surface area contributed by atoms with E-state index < -0.39 is 17.4 Å². The summed E-state index contributed by atoms with van der Waals surface area (Å²) in [5.41, 5.74) is 7.91. The van der Waals surface area contributed by atoms with Crippen LogP contribution in [0.25, 0.3) is 5.69 Å². The molecule has 2 amide bonds. The maximum absolute atomic E-state index is 12.5. The molecular formula is C20H19N5O4. The molecule has 3 heterocycles. The Hall–Kier alpha value is -3.88. The zero-order valence-corrected chi connectivity index (χ0v) is 15.9. The Balaban J connectivity index is 1.59. The lowest BCUT2D eigenvalue weighted by Crippen LogP contribution is -2.24. The molecule has 0 atom stereocenters. The third-order valence-electron chi connectivity index (χ3n) is 4.81. The third-order valence-corrected chi connectivity index (χ3v) is 4.81. The summed E-state index contributed by atoms with van der Waals surface area (Å²) in [7, 11) is 0. The minimum absolute atomic E-state index is 0.00306. The van der Waals surface area contributed by atoms with E-state index in [2.05, 4.69) is 10.4 Å². The molecule has 9 nitrogen and oxygen atoms in total. The number of nitrogens with two attached hydrogens (primary N) is 1. The number of aryl methyl sites for hydroxylation is 2. The van der Waals surface area contributed by atoms with Gasteiger partial charge in [-0.25, -0.2) is 0 Å². The number of carbonyl (C=O) groups is 2. The van der Waals surface area contributed by atoms with E-state index in [-0.39, 0.29) is 16.9 Å². The Morgan fingerprint density at radius 2 is 1.86 bits per heavy atom. The number of ether oxygens (including phenoxy) is 1. The van der Waals surface area contributed by atoms with Crippen LogP contribution >= 0.6 is 0 Å². The summed E-state index contributed by atoms with van der Waals surface area (Å²) < 4.78 is 8.85. The summed E-state index contributed by atoms with van der Waals surface area (Å²) >= 11 is 0. The van der Waals surface area contributed by atoms with Crippen molar-refractivity contribution in [2.75, 3.05) is 5.73 Å². The van der Waals surface area contributed by atoms with Crippen LogP contribution in [0.2, 0.25) is 0 Å². The molecule has 1 aliphatic rings. The number of imide groups is 1. The predicted octanol–water partition coefficient (Wildman–Crippen LogP) is 1.41. The molecule has 1 aliphatic heterocycles. The van der Waals surface area contributed by atoms with E-state index in [1.807, 2.05) is 24.7 Å². The highest BCUT2D eigenvalue weighted by atomic mass is 16.5. The molecule has 3 aromatic rings.